The second-order valence-electron chi connectivity index (χ2n) is 4.80. The van der Waals surface area contributed by atoms with Gasteiger partial charge in [0.05, 0.1) is 0 Å². The number of halogens is 1. The summed E-state index contributed by atoms with van der Waals surface area (Å²) in [6.45, 7) is 0.553. The summed E-state index contributed by atoms with van der Waals surface area (Å²) in [5, 5.41) is 2.59. The van der Waals surface area contributed by atoms with E-state index >= 15 is 0 Å². The Morgan fingerprint density at radius 1 is 1.40 bits per heavy atom. The third-order valence-corrected chi connectivity index (χ3v) is 3.24. The fraction of sp³-hybridized carbons (Fsp3) is 0.429. The summed E-state index contributed by atoms with van der Waals surface area (Å²) in [5.41, 5.74) is 6.02. The molecule has 108 valence electrons. The molecule has 1 aromatic rings. The number of rotatable bonds is 5. The maximum atomic E-state index is 12.8. The second kappa shape index (κ2) is 6.47. The van der Waals surface area contributed by atoms with Gasteiger partial charge in [0.2, 0.25) is 11.8 Å². The number of nitrogens with one attached hydrogen (secondary N) is 1. The lowest BCUT2D eigenvalue weighted by molar-refractivity contribution is -0.133. The van der Waals surface area contributed by atoms with Crippen LogP contribution in [0.5, 0.6) is 0 Å². The lowest BCUT2D eigenvalue weighted by Gasteiger charge is -2.18. The van der Waals surface area contributed by atoms with Gasteiger partial charge in [0.15, 0.2) is 0 Å². The molecule has 1 aromatic carbocycles. The summed E-state index contributed by atoms with van der Waals surface area (Å²) in [6.07, 6.45) is 1.20. The molecule has 0 radical (unpaired) electrons. The van der Waals surface area contributed by atoms with Crippen LogP contribution in [0.2, 0.25) is 0 Å². The molecule has 5 nitrogen and oxygen atoms in total. The van der Waals surface area contributed by atoms with E-state index in [0.717, 1.165) is 12.0 Å². The van der Waals surface area contributed by atoms with E-state index in [9.17, 15) is 14.0 Å². The zero-order valence-corrected chi connectivity index (χ0v) is 11.0. The highest BCUT2D eigenvalue weighted by atomic mass is 19.1. The van der Waals surface area contributed by atoms with Crippen LogP contribution >= 0.6 is 0 Å². The molecule has 6 heteroatoms. The third-order valence-electron chi connectivity index (χ3n) is 3.24. The zero-order valence-electron chi connectivity index (χ0n) is 11.0. The Labute approximate surface area is 116 Å². The first-order valence-corrected chi connectivity index (χ1v) is 6.52. The number of carbonyl (C=O) groups excluding carboxylic acids is 2. The molecule has 2 amide bonds. The molecule has 2 rings (SSSR count). The summed E-state index contributed by atoms with van der Waals surface area (Å²) < 4.78 is 18.1. The number of ether oxygens (including phenoxy) is 1. The molecule has 0 aromatic heterocycles. The van der Waals surface area contributed by atoms with Crippen LogP contribution in [-0.4, -0.2) is 30.6 Å². The van der Waals surface area contributed by atoms with E-state index in [1.807, 2.05) is 0 Å². The lowest BCUT2D eigenvalue weighted by Crippen LogP contribution is -2.49. The normalized spacial score (nSPS) is 19.6. The maximum Gasteiger partial charge on any atom is 0.249 e. The van der Waals surface area contributed by atoms with Gasteiger partial charge in [0.1, 0.15) is 18.0 Å². The average Bonchev–Trinajstić information content (AvgIpc) is 2.94. The molecule has 3 N–H and O–H groups in total. The van der Waals surface area contributed by atoms with Crippen molar-refractivity contribution in [1.82, 2.24) is 5.32 Å². The maximum absolute atomic E-state index is 12.8. The number of carbonyl (C=O) groups is 2. The molecule has 1 heterocycles. The Morgan fingerprint density at radius 2 is 2.10 bits per heavy atom. The van der Waals surface area contributed by atoms with Crippen molar-refractivity contribution in [3.8, 4) is 0 Å². The van der Waals surface area contributed by atoms with Gasteiger partial charge in [-0.25, -0.2) is 4.39 Å². The summed E-state index contributed by atoms with van der Waals surface area (Å²) in [7, 11) is 0. The van der Waals surface area contributed by atoms with Gasteiger partial charge in [-0.3, -0.25) is 9.59 Å². The molecule has 2 atom stereocenters. The van der Waals surface area contributed by atoms with Crippen LogP contribution in [0, 0.1) is 5.82 Å². The molecule has 1 fully saturated rings. The first kappa shape index (κ1) is 14.5. The zero-order chi connectivity index (χ0) is 14.5. The lowest BCUT2D eigenvalue weighted by atomic mass is 10.0. The monoisotopic (exact) mass is 280 g/mol. The van der Waals surface area contributed by atoms with E-state index in [1.165, 1.54) is 12.1 Å². The highest BCUT2D eigenvalue weighted by molar-refractivity contribution is 5.88. The molecule has 1 aliphatic rings. The van der Waals surface area contributed by atoms with Crippen molar-refractivity contribution in [2.75, 3.05) is 6.61 Å². The molecule has 0 unspecified atom stereocenters. The van der Waals surface area contributed by atoms with Crippen LogP contribution in [0.4, 0.5) is 4.39 Å². The van der Waals surface area contributed by atoms with Crippen molar-refractivity contribution < 1.29 is 18.7 Å². The van der Waals surface area contributed by atoms with Gasteiger partial charge in [0.25, 0.3) is 0 Å². The van der Waals surface area contributed by atoms with Crippen LogP contribution in [0.1, 0.15) is 18.4 Å². The number of benzene rings is 1. The number of hydrogen-bond donors (Lipinski definition) is 2. The van der Waals surface area contributed by atoms with Gasteiger partial charge < -0.3 is 15.8 Å². The Morgan fingerprint density at radius 3 is 2.65 bits per heavy atom. The number of primary amides is 1. The fourth-order valence-electron chi connectivity index (χ4n) is 2.13. The Bertz CT molecular complexity index is 484. The van der Waals surface area contributed by atoms with Gasteiger partial charge in [-0.05, 0) is 30.5 Å². The van der Waals surface area contributed by atoms with Crippen LogP contribution in [-0.2, 0) is 20.7 Å². The topological polar surface area (TPSA) is 81.4 Å². The molecular weight excluding hydrogens is 263 g/mol. The number of hydrogen-bond acceptors (Lipinski definition) is 3. The summed E-state index contributed by atoms with van der Waals surface area (Å²) in [4.78, 5) is 23.3. The molecule has 0 bridgehead atoms. The molecular formula is C14H17FN2O3. The minimum atomic E-state index is -0.822. The van der Waals surface area contributed by atoms with Gasteiger partial charge in [-0.1, -0.05) is 12.1 Å². The molecule has 20 heavy (non-hydrogen) atoms. The minimum absolute atomic E-state index is 0.230. The SMILES string of the molecule is NC(=O)[C@@H](Cc1ccc(F)cc1)NC(=O)[C@@H]1CCCO1. The minimum Gasteiger partial charge on any atom is -0.368 e. The third kappa shape index (κ3) is 3.77. The van der Waals surface area contributed by atoms with Gasteiger partial charge >= 0.3 is 0 Å². The van der Waals surface area contributed by atoms with E-state index in [4.69, 9.17) is 10.5 Å². The first-order valence-electron chi connectivity index (χ1n) is 6.52. The number of amides is 2. The molecule has 0 saturated carbocycles. The molecule has 0 aliphatic carbocycles. The Kier molecular flexibility index (Phi) is 4.68. The van der Waals surface area contributed by atoms with Gasteiger partial charge in [-0.15, -0.1) is 0 Å². The van der Waals surface area contributed by atoms with Crippen molar-refractivity contribution in [2.24, 2.45) is 5.73 Å². The number of nitrogens with two attached hydrogens (primary N) is 1. The van der Waals surface area contributed by atoms with Gasteiger partial charge in [0, 0.05) is 13.0 Å². The van der Waals surface area contributed by atoms with E-state index in [2.05, 4.69) is 5.32 Å². The highest BCUT2D eigenvalue weighted by Gasteiger charge is 2.27. The standard InChI is InChI=1S/C14H17FN2O3/c15-10-5-3-9(4-6-10)8-11(13(16)18)17-14(19)12-2-1-7-20-12/h3-6,11-12H,1-2,7-8H2,(H2,16,18)(H,17,19)/t11-,12+/m1/s1. The van der Waals surface area contributed by atoms with E-state index < -0.39 is 18.1 Å². The van der Waals surface area contributed by atoms with Crippen molar-refractivity contribution in [3.63, 3.8) is 0 Å². The van der Waals surface area contributed by atoms with Crippen molar-refractivity contribution in [3.05, 3.63) is 35.6 Å². The quantitative estimate of drug-likeness (QED) is 0.825. The molecule has 1 aliphatic heterocycles. The average molecular weight is 280 g/mol. The Hall–Kier alpha value is -1.95. The highest BCUT2D eigenvalue weighted by Crippen LogP contribution is 2.13. The van der Waals surface area contributed by atoms with Crippen molar-refractivity contribution >= 4 is 11.8 Å². The predicted molar refractivity (Wildman–Crippen MR) is 70.2 cm³/mol. The molecule has 1 saturated heterocycles. The second-order valence-corrected chi connectivity index (χ2v) is 4.80. The predicted octanol–water partition coefficient (Wildman–Crippen LogP) is 0.517. The van der Waals surface area contributed by atoms with Crippen LogP contribution in [0.15, 0.2) is 24.3 Å². The largest absolute Gasteiger partial charge is 0.368 e. The fourth-order valence-corrected chi connectivity index (χ4v) is 2.13. The first-order chi connectivity index (χ1) is 9.56. The van der Waals surface area contributed by atoms with Gasteiger partial charge in [-0.2, -0.15) is 0 Å². The van der Waals surface area contributed by atoms with Crippen LogP contribution in [0.25, 0.3) is 0 Å². The smallest absolute Gasteiger partial charge is 0.249 e. The van der Waals surface area contributed by atoms with E-state index in [-0.39, 0.29) is 18.1 Å². The van der Waals surface area contributed by atoms with Crippen LogP contribution < -0.4 is 11.1 Å². The summed E-state index contributed by atoms with van der Waals surface area (Å²) in [6, 6.07) is 4.90. The Balaban J connectivity index is 1.98. The summed E-state index contributed by atoms with van der Waals surface area (Å²) >= 11 is 0. The van der Waals surface area contributed by atoms with E-state index in [0.29, 0.717) is 13.0 Å². The molecule has 0 spiro atoms. The van der Waals surface area contributed by atoms with Crippen molar-refractivity contribution in [2.45, 2.75) is 31.4 Å². The van der Waals surface area contributed by atoms with E-state index in [1.54, 1.807) is 12.1 Å². The van der Waals surface area contributed by atoms with Crippen LogP contribution in [0.3, 0.4) is 0 Å². The summed E-state index contributed by atoms with van der Waals surface area (Å²) in [5.74, 6) is -1.30. The van der Waals surface area contributed by atoms with Crippen molar-refractivity contribution in [1.29, 1.82) is 0 Å².